The number of aryl methyl sites for hydroxylation is 12. The van der Waals surface area contributed by atoms with E-state index >= 15 is 0 Å². The molecule has 72 heavy (non-hydrogen) atoms. The van der Waals surface area contributed by atoms with Gasteiger partial charge in [0.25, 0.3) is 0 Å². The zero-order chi connectivity index (χ0) is 49.1. The van der Waals surface area contributed by atoms with E-state index in [1.807, 2.05) is 13.0 Å². The Morgan fingerprint density at radius 1 is 0.542 bits per heavy atom. The maximum Gasteiger partial charge on any atom is 0.330 e. The summed E-state index contributed by atoms with van der Waals surface area (Å²) in [7, 11) is 1.65. The van der Waals surface area contributed by atoms with Gasteiger partial charge in [-0.1, -0.05) is 93.7 Å². The zero-order valence-electron chi connectivity index (χ0n) is 42.1. The molecule has 7 nitrogen and oxygen atoms in total. The van der Waals surface area contributed by atoms with Gasteiger partial charge in [0.05, 0.1) is 25.9 Å². The monoisotopic (exact) mass is 977 g/mol. The van der Waals surface area contributed by atoms with Crippen molar-refractivity contribution in [1.82, 2.24) is 0 Å². The first kappa shape index (κ1) is 57.2. The average Bonchev–Trinajstić information content (AvgIpc) is 4.21. The molecule has 386 valence electrons. The van der Waals surface area contributed by atoms with E-state index in [0.29, 0.717) is 38.2 Å². The van der Waals surface area contributed by atoms with Gasteiger partial charge in [-0.3, -0.25) is 14.4 Å². The molecule has 0 aliphatic heterocycles. The summed E-state index contributed by atoms with van der Waals surface area (Å²) in [5.41, 5.74) is 17.6. The average molecular weight is 977 g/mol. The van der Waals surface area contributed by atoms with Crippen molar-refractivity contribution in [1.29, 1.82) is 0 Å². The molecular weight excluding hydrogens is 893 g/mol. The number of Topliss-reactive ketones (excluding diaryl/α,β-unsaturated/α-hetero) is 2. The van der Waals surface area contributed by atoms with Crippen LogP contribution >= 0.6 is 0 Å². The van der Waals surface area contributed by atoms with E-state index in [2.05, 4.69) is 72.8 Å². The minimum atomic E-state index is -0.244. The van der Waals surface area contributed by atoms with Gasteiger partial charge < -0.3 is 14.3 Å². The van der Waals surface area contributed by atoms with Crippen LogP contribution in [-0.4, -0.2) is 43.3 Å². The lowest BCUT2D eigenvalue weighted by molar-refractivity contribution is -0.137. The van der Waals surface area contributed by atoms with Crippen LogP contribution < -0.4 is 0 Å². The molecule has 10 rings (SSSR count). The van der Waals surface area contributed by atoms with E-state index in [1.165, 1.54) is 144 Å². The Labute approximate surface area is 432 Å². The quantitative estimate of drug-likeness (QED) is 0.0506. The molecule has 1 atom stereocenters. The maximum atomic E-state index is 11.7. The van der Waals surface area contributed by atoms with Crippen molar-refractivity contribution in [2.24, 2.45) is 11.8 Å². The van der Waals surface area contributed by atoms with Crippen molar-refractivity contribution in [3.05, 3.63) is 164 Å². The van der Waals surface area contributed by atoms with Gasteiger partial charge in [0.2, 0.25) is 0 Å². The number of benzene rings is 4. The van der Waals surface area contributed by atoms with Crippen molar-refractivity contribution in [2.45, 2.75) is 182 Å². The Morgan fingerprint density at radius 3 is 1.36 bits per heavy atom. The van der Waals surface area contributed by atoms with Crippen LogP contribution in [0.25, 0.3) is 0 Å². The summed E-state index contributed by atoms with van der Waals surface area (Å²) in [6.07, 6.45) is 31.6. The molecule has 0 heterocycles. The molecule has 6 aliphatic rings. The molecule has 4 aromatic carbocycles. The molecule has 0 amide bonds. The summed E-state index contributed by atoms with van der Waals surface area (Å²) in [4.78, 5) is 55.8. The maximum absolute atomic E-state index is 11.7. The van der Waals surface area contributed by atoms with E-state index < -0.39 is 0 Å². The molecule has 0 radical (unpaired) electrons. The van der Waals surface area contributed by atoms with Gasteiger partial charge in [0, 0.05) is 44.3 Å². The molecule has 7 heteroatoms. The molecule has 0 saturated heterocycles. The van der Waals surface area contributed by atoms with Gasteiger partial charge in [-0.15, -0.1) is 0 Å². The molecule has 6 aliphatic carbocycles. The number of allylic oxidation sites excluding steroid dienone is 3. The minimum absolute atomic E-state index is 0. The molecule has 0 N–H and O–H groups in total. The normalized spacial score (nSPS) is 17.2. The van der Waals surface area contributed by atoms with E-state index in [1.54, 1.807) is 18.7 Å². The second-order valence-corrected chi connectivity index (χ2v) is 20.4. The molecule has 1 fully saturated rings. The van der Waals surface area contributed by atoms with Crippen LogP contribution in [0.5, 0.6) is 0 Å². The fourth-order valence-corrected chi connectivity index (χ4v) is 11.3. The van der Waals surface area contributed by atoms with E-state index in [0.717, 1.165) is 63.4 Å². The lowest BCUT2D eigenvalue weighted by Crippen LogP contribution is -2.23. The van der Waals surface area contributed by atoms with Crippen LogP contribution in [-0.2, 0) is 110 Å². The molecule has 0 aromatic heterocycles. The highest BCUT2D eigenvalue weighted by Crippen LogP contribution is 2.30. The number of esters is 1. The number of hydrogen-bond donors (Lipinski definition) is 0. The Balaban J connectivity index is 0.000000178. The largest absolute Gasteiger partial charge is 0.501 e. The Bertz CT molecular complexity index is 2490. The highest BCUT2D eigenvalue weighted by atomic mass is 16.5. The topological polar surface area (TPSA) is 104 Å². The third-order valence-electron chi connectivity index (χ3n) is 15.0. The SMILES string of the molecule is C.C.CCOC(=O)C=CCCc1ccc2c(c1)CCC2.COC1=CC(=O)CC(CCc2ccc3c(c2)CCC3)C1.O=C1CC(=O)CC(CCc2ccc3c(c2)CCC3)C1.O=CCCc1ccc2c(c1)CCC2. The van der Waals surface area contributed by atoms with Crippen molar-refractivity contribution in [2.75, 3.05) is 13.7 Å². The number of methoxy groups -OCH3 is 1. The first-order valence-corrected chi connectivity index (χ1v) is 26.6. The number of aldehydes is 1. The molecule has 0 bridgehead atoms. The van der Waals surface area contributed by atoms with Crippen LogP contribution in [0.3, 0.4) is 0 Å². The lowest BCUT2D eigenvalue weighted by atomic mass is 9.83. The van der Waals surface area contributed by atoms with Crippen LogP contribution in [0.15, 0.2) is 96.8 Å². The van der Waals surface area contributed by atoms with Crippen LogP contribution in [0, 0.1) is 11.8 Å². The number of ether oxygens (including phenoxy) is 2. The predicted octanol–water partition coefficient (Wildman–Crippen LogP) is 13.5. The van der Waals surface area contributed by atoms with Crippen LogP contribution in [0.1, 0.15) is 172 Å². The summed E-state index contributed by atoms with van der Waals surface area (Å²) in [5.74, 6) is 1.81. The fourth-order valence-electron chi connectivity index (χ4n) is 11.3. The van der Waals surface area contributed by atoms with Gasteiger partial charge in [0.1, 0.15) is 17.9 Å². The predicted molar refractivity (Wildman–Crippen MR) is 293 cm³/mol. The number of carbonyl (C=O) groups excluding carboxylic acids is 5. The third-order valence-corrected chi connectivity index (χ3v) is 15.0. The smallest absolute Gasteiger partial charge is 0.330 e. The van der Waals surface area contributed by atoms with Crippen LogP contribution in [0.2, 0.25) is 0 Å². The number of carbonyl (C=O) groups is 5. The highest BCUT2D eigenvalue weighted by Gasteiger charge is 2.25. The van der Waals surface area contributed by atoms with E-state index in [9.17, 15) is 24.0 Å². The lowest BCUT2D eigenvalue weighted by Gasteiger charge is -2.21. The number of fused-ring (bicyclic) bond motifs is 4. The number of rotatable bonds is 15. The van der Waals surface area contributed by atoms with E-state index in [4.69, 9.17) is 9.47 Å². The highest BCUT2D eigenvalue weighted by molar-refractivity contribution is 6.01. The Kier molecular flexibility index (Phi) is 23.6. The van der Waals surface area contributed by atoms with Crippen molar-refractivity contribution in [3.8, 4) is 0 Å². The van der Waals surface area contributed by atoms with Crippen molar-refractivity contribution < 1.29 is 33.4 Å². The van der Waals surface area contributed by atoms with Gasteiger partial charge in [0.15, 0.2) is 5.78 Å². The summed E-state index contributed by atoms with van der Waals surface area (Å²) >= 11 is 0. The van der Waals surface area contributed by atoms with Crippen molar-refractivity contribution >= 4 is 29.6 Å². The number of ketones is 3. The number of hydrogen-bond acceptors (Lipinski definition) is 7. The molecular formula is C65H84O7. The van der Waals surface area contributed by atoms with E-state index in [-0.39, 0.29) is 50.5 Å². The standard InChI is InChI=1S/C18H22O2.C17H20O2.C16H20O2.C12H14O.2CH4/c1-20-18-11-14(10-17(19)12-18)6-5-13-7-8-15-3-2-4-16(15)9-13;18-16-9-13(10-17(19)11-16)5-4-12-6-7-14-2-1-3-15(14)8-12;1-2-18-16(17)9-4-3-6-13-10-11-14-7-5-8-15(14)12-13;13-8-2-3-10-6-7-11-4-1-5-12(11)9-10;;/h7-9,12,14H,2-6,10-11H2,1H3;6-8,13H,1-5,9-11H2;4,9-12H,2-3,5-8H2,1H3;6-9H,1-5H2;2*1H4. The summed E-state index contributed by atoms with van der Waals surface area (Å²) < 4.78 is 10.1. The first-order chi connectivity index (χ1) is 34.1. The first-order valence-electron chi connectivity index (χ1n) is 26.6. The summed E-state index contributed by atoms with van der Waals surface area (Å²) in [5, 5.41) is 0. The Hall–Kier alpha value is -5.69. The molecule has 0 spiro atoms. The van der Waals surface area contributed by atoms with Crippen LogP contribution in [0.4, 0.5) is 0 Å². The Morgan fingerprint density at radius 2 is 0.944 bits per heavy atom. The summed E-state index contributed by atoms with van der Waals surface area (Å²) in [6.45, 7) is 2.25. The zero-order valence-corrected chi connectivity index (χ0v) is 42.1. The second kappa shape index (κ2) is 29.7. The van der Waals surface area contributed by atoms with Gasteiger partial charge in [-0.25, -0.2) is 4.79 Å². The van der Waals surface area contributed by atoms with Gasteiger partial charge >= 0.3 is 5.97 Å². The minimum Gasteiger partial charge on any atom is -0.501 e. The molecule has 4 aromatic rings. The van der Waals surface area contributed by atoms with Gasteiger partial charge in [-0.2, -0.15) is 0 Å². The molecule has 1 unspecified atom stereocenters. The fraction of sp³-hybridized carbons (Fsp3) is 0.492. The van der Waals surface area contributed by atoms with Crippen molar-refractivity contribution in [3.63, 3.8) is 0 Å². The second-order valence-electron chi connectivity index (χ2n) is 20.4. The summed E-state index contributed by atoms with van der Waals surface area (Å²) in [6, 6.07) is 27.2. The van der Waals surface area contributed by atoms with Gasteiger partial charge in [-0.05, 0) is 208 Å². The third kappa shape index (κ3) is 17.8. The molecule has 1 saturated carbocycles.